The van der Waals surface area contributed by atoms with Crippen LogP contribution in [0.3, 0.4) is 0 Å². The lowest BCUT2D eigenvalue weighted by atomic mass is 9.46. The third kappa shape index (κ3) is 3.19. The Morgan fingerprint density at radius 2 is 1.69 bits per heavy atom. The monoisotopic (exact) mass is 488 g/mol. The molecule has 6 fully saturated rings. The van der Waals surface area contributed by atoms with Crippen molar-refractivity contribution < 1.29 is 24.5 Å². The average molecular weight is 489 g/mol. The van der Waals surface area contributed by atoms with Crippen LogP contribution in [0.5, 0.6) is 0 Å². The first kappa shape index (κ1) is 24.7. The zero-order valence-corrected chi connectivity index (χ0v) is 22.8. The average Bonchev–Trinajstić information content (AvgIpc) is 3.34. The molecule has 2 spiro atoms. The van der Waals surface area contributed by atoms with Gasteiger partial charge in [-0.3, -0.25) is 4.79 Å². The van der Waals surface area contributed by atoms with Crippen molar-refractivity contribution in [1.82, 2.24) is 0 Å². The van der Waals surface area contributed by atoms with Gasteiger partial charge in [-0.05, 0) is 123 Å². The third-order valence-electron chi connectivity index (χ3n) is 12.9. The molecule has 5 nitrogen and oxygen atoms in total. The first-order valence-corrected chi connectivity index (χ1v) is 14.5. The van der Waals surface area contributed by atoms with Crippen LogP contribution in [0.25, 0.3) is 0 Å². The first-order valence-electron chi connectivity index (χ1n) is 14.5. The van der Waals surface area contributed by atoms with Crippen molar-refractivity contribution in [2.45, 2.75) is 136 Å². The molecule has 0 amide bonds. The molecule has 5 heteroatoms. The Morgan fingerprint density at radius 3 is 2.37 bits per heavy atom. The molecule has 5 saturated carbocycles. The quantitative estimate of drug-likeness (QED) is 0.530. The molecule has 0 radical (unpaired) electrons. The van der Waals surface area contributed by atoms with E-state index in [-0.39, 0.29) is 29.7 Å². The van der Waals surface area contributed by atoms with Crippen molar-refractivity contribution in [1.29, 1.82) is 0 Å². The van der Waals surface area contributed by atoms with Gasteiger partial charge in [-0.15, -0.1) is 0 Å². The van der Waals surface area contributed by atoms with Gasteiger partial charge in [0.1, 0.15) is 0 Å². The van der Waals surface area contributed by atoms with E-state index in [9.17, 15) is 15.0 Å². The smallest absolute Gasteiger partial charge is 0.303 e. The number of esters is 1. The highest BCUT2D eigenvalue weighted by Gasteiger charge is 2.80. The van der Waals surface area contributed by atoms with Gasteiger partial charge in [-0.2, -0.15) is 0 Å². The normalized spacial score (nSPS) is 52.7. The highest BCUT2D eigenvalue weighted by molar-refractivity contribution is 5.66. The van der Waals surface area contributed by atoms with E-state index in [1.165, 1.54) is 45.4 Å². The van der Waals surface area contributed by atoms with Crippen molar-refractivity contribution in [2.24, 2.45) is 45.3 Å². The van der Waals surface area contributed by atoms with E-state index in [1.807, 2.05) is 0 Å². The van der Waals surface area contributed by atoms with Crippen LogP contribution in [0, 0.1) is 45.3 Å². The summed E-state index contributed by atoms with van der Waals surface area (Å²) in [6, 6.07) is 0. The first-order chi connectivity index (χ1) is 16.3. The summed E-state index contributed by atoms with van der Waals surface area (Å²) in [5.41, 5.74) is 0.212. The molecule has 1 heterocycles. The molecule has 0 bridgehead atoms. The summed E-state index contributed by atoms with van der Waals surface area (Å²) in [6.07, 6.45) is 11.1. The largest absolute Gasteiger partial charge is 0.457 e. The summed E-state index contributed by atoms with van der Waals surface area (Å²) in [5, 5.41) is 21.6. The number of fused-ring (bicyclic) bond motifs is 4. The lowest BCUT2D eigenvalue weighted by Gasteiger charge is -2.59. The zero-order valence-electron chi connectivity index (χ0n) is 22.8. The summed E-state index contributed by atoms with van der Waals surface area (Å²) < 4.78 is 12.4. The fourth-order valence-electron chi connectivity index (χ4n) is 11.3. The van der Waals surface area contributed by atoms with E-state index in [0.29, 0.717) is 34.0 Å². The van der Waals surface area contributed by atoms with E-state index in [2.05, 4.69) is 20.8 Å². The van der Waals surface area contributed by atoms with Crippen LogP contribution in [0.1, 0.15) is 106 Å². The van der Waals surface area contributed by atoms with Crippen LogP contribution in [0.4, 0.5) is 0 Å². The molecule has 1 aliphatic heterocycles. The lowest BCUT2D eigenvalue weighted by molar-refractivity contribution is -0.200. The highest BCUT2D eigenvalue weighted by atomic mass is 16.6. The molecular formula is C30H48O5. The van der Waals surface area contributed by atoms with E-state index in [0.717, 1.165) is 31.6 Å². The summed E-state index contributed by atoms with van der Waals surface area (Å²) >= 11 is 0. The second-order valence-corrected chi connectivity index (χ2v) is 15.0. The third-order valence-corrected chi connectivity index (χ3v) is 12.9. The molecule has 1 saturated heterocycles. The number of rotatable bonds is 3. The molecular weight excluding hydrogens is 440 g/mol. The Bertz CT molecular complexity index is 892. The Balaban J connectivity index is 1.24. The molecule has 6 rings (SSSR count). The standard InChI is InChI=1S/C30H48O5/c1-17(31)34-25(27(4,5)33)21-9-7-19-22(35-21)15-20-18-8-10-23-26(2,3)24(32)11-12-30(23)16-29(18,30)14-13-28(19,20)6/h18-25,32-33H,7-16H2,1-6H3/t18?,19-,20?,21?,22?,23-,24-,25-,28?,29-,30?/m0/s1. The number of hydrogen-bond acceptors (Lipinski definition) is 5. The lowest BCUT2D eigenvalue weighted by Crippen LogP contribution is -2.54. The van der Waals surface area contributed by atoms with Crippen LogP contribution < -0.4 is 0 Å². The van der Waals surface area contributed by atoms with Crippen LogP contribution in [-0.4, -0.2) is 46.2 Å². The van der Waals surface area contributed by atoms with Crippen molar-refractivity contribution in [3.63, 3.8) is 0 Å². The van der Waals surface area contributed by atoms with Crippen molar-refractivity contribution in [3.8, 4) is 0 Å². The van der Waals surface area contributed by atoms with Crippen LogP contribution in [0.2, 0.25) is 0 Å². The van der Waals surface area contributed by atoms with E-state index in [4.69, 9.17) is 9.47 Å². The van der Waals surface area contributed by atoms with Crippen LogP contribution in [0.15, 0.2) is 0 Å². The maximum Gasteiger partial charge on any atom is 0.303 e. The Kier molecular flexibility index (Phi) is 5.27. The van der Waals surface area contributed by atoms with E-state index < -0.39 is 11.7 Å². The van der Waals surface area contributed by atoms with Gasteiger partial charge in [0.15, 0.2) is 6.10 Å². The minimum absolute atomic E-state index is 0.0380. The van der Waals surface area contributed by atoms with Crippen LogP contribution in [-0.2, 0) is 14.3 Å². The number of carbonyl (C=O) groups is 1. The van der Waals surface area contributed by atoms with E-state index >= 15 is 0 Å². The van der Waals surface area contributed by atoms with E-state index in [1.54, 1.807) is 13.8 Å². The summed E-state index contributed by atoms with van der Waals surface area (Å²) in [7, 11) is 0. The Hall–Kier alpha value is -0.650. The second kappa shape index (κ2) is 7.47. The number of aliphatic hydroxyl groups excluding tert-OH is 1. The fraction of sp³-hybridized carbons (Fsp3) is 0.967. The molecule has 5 aliphatic carbocycles. The topological polar surface area (TPSA) is 76.0 Å². The predicted octanol–water partition coefficient (Wildman–Crippen LogP) is 5.26. The number of hydrogen-bond donors (Lipinski definition) is 2. The minimum Gasteiger partial charge on any atom is -0.457 e. The molecule has 198 valence electrons. The molecule has 11 atom stereocenters. The molecule has 6 aliphatic rings. The molecule has 0 aromatic heterocycles. The highest BCUT2D eigenvalue weighted by Crippen LogP contribution is 2.87. The minimum atomic E-state index is -1.13. The molecule has 6 unspecified atom stereocenters. The number of ether oxygens (including phenoxy) is 2. The van der Waals surface area contributed by atoms with Gasteiger partial charge in [0.2, 0.25) is 0 Å². The van der Waals surface area contributed by atoms with Gasteiger partial charge < -0.3 is 19.7 Å². The maximum atomic E-state index is 11.8. The van der Waals surface area contributed by atoms with Crippen molar-refractivity contribution in [3.05, 3.63) is 0 Å². The molecule has 0 aromatic rings. The van der Waals surface area contributed by atoms with Crippen molar-refractivity contribution in [2.75, 3.05) is 0 Å². The van der Waals surface area contributed by atoms with Crippen LogP contribution >= 0.6 is 0 Å². The molecule has 35 heavy (non-hydrogen) atoms. The number of aliphatic hydroxyl groups is 2. The summed E-state index contributed by atoms with van der Waals surface area (Å²) in [5.74, 6) is 2.37. The predicted molar refractivity (Wildman–Crippen MR) is 133 cm³/mol. The fourth-order valence-corrected chi connectivity index (χ4v) is 11.3. The van der Waals surface area contributed by atoms with Crippen molar-refractivity contribution >= 4 is 5.97 Å². The number of carbonyl (C=O) groups excluding carboxylic acids is 1. The van der Waals surface area contributed by atoms with Gasteiger partial charge in [0, 0.05) is 6.92 Å². The Labute approximate surface area is 211 Å². The van der Waals surface area contributed by atoms with Gasteiger partial charge in [0.05, 0.1) is 23.9 Å². The summed E-state index contributed by atoms with van der Waals surface area (Å²) in [4.78, 5) is 11.8. The summed E-state index contributed by atoms with van der Waals surface area (Å²) in [6.45, 7) is 12.1. The van der Waals surface area contributed by atoms with Gasteiger partial charge in [-0.1, -0.05) is 20.8 Å². The molecule has 2 N–H and O–H groups in total. The van der Waals surface area contributed by atoms with Gasteiger partial charge in [0.25, 0.3) is 0 Å². The van der Waals surface area contributed by atoms with Gasteiger partial charge >= 0.3 is 5.97 Å². The Morgan fingerprint density at radius 1 is 0.971 bits per heavy atom. The SMILES string of the molecule is CC(=O)O[C@@H](C1CC[C@H]2C(CC3C4CC[C@H]5C(C)(C)[C@@H](O)CCC56C[C@@]46CCC32C)O1)C(C)(C)O. The molecule has 0 aromatic carbocycles. The second-order valence-electron chi connectivity index (χ2n) is 15.0. The zero-order chi connectivity index (χ0) is 25.2. The van der Waals surface area contributed by atoms with Gasteiger partial charge in [-0.25, -0.2) is 0 Å². The maximum absolute atomic E-state index is 11.8.